The zero-order valence-electron chi connectivity index (χ0n) is 16.2. The molecule has 3 nitrogen and oxygen atoms in total. The number of halogens is 1. The summed E-state index contributed by atoms with van der Waals surface area (Å²) in [4.78, 5) is 14.9. The van der Waals surface area contributed by atoms with Gasteiger partial charge in [-0.05, 0) is 55.4 Å². The van der Waals surface area contributed by atoms with E-state index in [0.717, 1.165) is 16.7 Å². The van der Waals surface area contributed by atoms with Crippen LogP contribution in [-0.2, 0) is 6.42 Å². The van der Waals surface area contributed by atoms with Crippen LogP contribution in [0.3, 0.4) is 0 Å². The summed E-state index contributed by atoms with van der Waals surface area (Å²) in [6, 6.07) is 24.1. The molecule has 0 saturated heterocycles. The van der Waals surface area contributed by atoms with E-state index in [1.54, 1.807) is 6.07 Å². The van der Waals surface area contributed by atoms with Gasteiger partial charge in [0.05, 0.1) is 6.04 Å². The monoisotopic (exact) mass is 376 g/mol. The lowest BCUT2D eigenvalue weighted by atomic mass is 9.99. The molecule has 1 N–H and O–H groups in total. The van der Waals surface area contributed by atoms with Gasteiger partial charge >= 0.3 is 0 Å². The van der Waals surface area contributed by atoms with Gasteiger partial charge in [0, 0.05) is 12.1 Å². The molecule has 0 fully saturated rings. The SMILES string of the molecule is CN(C)C(CNC(=O)c1ccccc1Cc1ccccc1)c1cccc(F)c1. The molecule has 0 aliphatic carbocycles. The Kier molecular flexibility index (Phi) is 6.56. The van der Waals surface area contributed by atoms with Crippen LogP contribution < -0.4 is 5.32 Å². The summed E-state index contributed by atoms with van der Waals surface area (Å²) >= 11 is 0. The van der Waals surface area contributed by atoms with Gasteiger partial charge in [-0.3, -0.25) is 4.79 Å². The van der Waals surface area contributed by atoms with Crippen molar-refractivity contribution in [2.45, 2.75) is 12.5 Å². The smallest absolute Gasteiger partial charge is 0.251 e. The summed E-state index contributed by atoms with van der Waals surface area (Å²) in [5.74, 6) is -0.390. The highest BCUT2D eigenvalue weighted by molar-refractivity contribution is 5.95. The molecule has 28 heavy (non-hydrogen) atoms. The van der Waals surface area contributed by atoms with Crippen molar-refractivity contribution in [2.24, 2.45) is 0 Å². The van der Waals surface area contributed by atoms with Crippen molar-refractivity contribution in [1.82, 2.24) is 10.2 Å². The summed E-state index contributed by atoms with van der Waals surface area (Å²) < 4.78 is 13.6. The molecule has 0 aromatic heterocycles. The topological polar surface area (TPSA) is 32.3 Å². The van der Waals surface area contributed by atoms with Crippen molar-refractivity contribution in [3.05, 3.63) is 107 Å². The number of benzene rings is 3. The Bertz CT molecular complexity index is 925. The van der Waals surface area contributed by atoms with Gasteiger partial charge in [-0.25, -0.2) is 4.39 Å². The highest BCUT2D eigenvalue weighted by Crippen LogP contribution is 2.19. The summed E-state index contributed by atoms with van der Waals surface area (Å²) in [6.45, 7) is 0.398. The predicted octanol–water partition coefficient (Wildman–Crippen LogP) is 4.45. The van der Waals surface area contributed by atoms with E-state index in [0.29, 0.717) is 18.5 Å². The van der Waals surface area contributed by atoms with Gasteiger partial charge in [0.15, 0.2) is 0 Å². The fourth-order valence-corrected chi connectivity index (χ4v) is 3.31. The Morgan fingerprint density at radius 1 is 0.964 bits per heavy atom. The zero-order chi connectivity index (χ0) is 19.9. The van der Waals surface area contributed by atoms with E-state index in [1.807, 2.05) is 67.5 Å². The Balaban J connectivity index is 1.74. The van der Waals surface area contributed by atoms with Gasteiger partial charge in [0.25, 0.3) is 5.91 Å². The molecule has 0 aliphatic rings. The van der Waals surface area contributed by atoms with E-state index in [9.17, 15) is 9.18 Å². The molecule has 3 aromatic rings. The second-order valence-corrected chi connectivity index (χ2v) is 7.06. The number of hydrogen-bond acceptors (Lipinski definition) is 2. The number of nitrogens with one attached hydrogen (secondary N) is 1. The van der Waals surface area contributed by atoms with E-state index < -0.39 is 0 Å². The first-order valence-electron chi connectivity index (χ1n) is 9.36. The van der Waals surface area contributed by atoms with Crippen LogP contribution in [0.25, 0.3) is 0 Å². The first-order valence-corrected chi connectivity index (χ1v) is 9.36. The molecule has 1 unspecified atom stereocenters. The quantitative estimate of drug-likeness (QED) is 0.661. The molecule has 1 amide bonds. The van der Waals surface area contributed by atoms with Crippen LogP contribution in [0, 0.1) is 5.82 Å². The zero-order valence-corrected chi connectivity index (χ0v) is 16.2. The number of rotatable bonds is 7. The fraction of sp³-hybridized carbons (Fsp3) is 0.208. The van der Waals surface area contributed by atoms with E-state index in [2.05, 4.69) is 17.4 Å². The van der Waals surface area contributed by atoms with Gasteiger partial charge in [-0.15, -0.1) is 0 Å². The average Bonchev–Trinajstić information content (AvgIpc) is 2.69. The first kappa shape index (κ1) is 19.8. The van der Waals surface area contributed by atoms with Crippen molar-refractivity contribution in [1.29, 1.82) is 0 Å². The van der Waals surface area contributed by atoms with Crippen LogP contribution in [0.4, 0.5) is 4.39 Å². The highest BCUT2D eigenvalue weighted by Gasteiger charge is 2.17. The second-order valence-electron chi connectivity index (χ2n) is 7.06. The van der Waals surface area contributed by atoms with Crippen molar-refractivity contribution in [3.63, 3.8) is 0 Å². The van der Waals surface area contributed by atoms with E-state index in [1.165, 1.54) is 12.1 Å². The number of hydrogen-bond donors (Lipinski definition) is 1. The van der Waals surface area contributed by atoms with Gasteiger partial charge in [-0.2, -0.15) is 0 Å². The van der Waals surface area contributed by atoms with Crippen LogP contribution in [0.5, 0.6) is 0 Å². The summed E-state index contributed by atoms with van der Waals surface area (Å²) in [7, 11) is 3.84. The first-order chi connectivity index (χ1) is 13.5. The highest BCUT2D eigenvalue weighted by atomic mass is 19.1. The molecule has 3 rings (SSSR count). The molecule has 0 radical (unpaired) electrons. The third-order valence-corrected chi connectivity index (χ3v) is 4.81. The van der Waals surface area contributed by atoms with E-state index in [4.69, 9.17) is 0 Å². The van der Waals surface area contributed by atoms with Crippen LogP contribution in [0.15, 0.2) is 78.9 Å². The molecular formula is C24H25FN2O. The molecule has 3 aromatic carbocycles. The van der Waals surface area contributed by atoms with Gasteiger partial charge in [-0.1, -0.05) is 60.7 Å². The molecule has 0 bridgehead atoms. The summed E-state index contributed by atoms with van der Waals surface area (Å²) in [6.07, 6.45) is 0.700. The van der Waals surface area contributed by atoms with Gasteiger partial charge < -0.3 is 10.2 Å². The van der Waals surface area contributed by atoms with Crippen LogP contribution in [0.1, 0.15) is 33.1 Å². The minimum atomic E-state index is -0.274. The molecule has 0 spiro atoms. The minimum absolute atomic E-state index is 0.110. The van der Waals surface area contributed by atoms with Gasteiger partial charge in [0.2, 0.25) is 0 Å². The number of carbonyl (C=O) groups excluding carboxylic acids is 1. The van der Waals surface area contributed by atoms with Crippen molar-refractivity contribution >= 4 is 5.91 Å². The summed E-state index contributed by atoms with van der Waals surface area (Å²) in [5, 5.41) is 3.02. The molecule has 0 saturated carbocycles. The number of carbonyl (C=O) groups is 1. The lowest BCUT2D eigenvalue weighted by Crippen LogP contribution is -2.35. The minimum Gasteiger partial charge on any atom is -0.350 e. The van der Waals surface area contributed by atoms with Crippen LogP contribution >= 0.6 is 0 Å². The Morgan fingerprint density at radius 3 is 2.39 bits per heavy atom. The third kappa shape index (κ3) is 5.05. The third-order valence-electron chi connectivity index (χ3n) is 4.81. The number of likely N-dealkylation sites (N-methyl/N-ethyl adjacent to an activating group) is 1. The average molecular weight is 376 g/mol. The lowest BCUT2D eigenvalue weighted by Gasteiger charge is -2.25. The number of amides is 1. The largest absolute Gasteiger partial charge is 0.350 e. The fourth-order valence-electron chi connectivity index (χ4n) is 3.31. The molecule has 4 heteroatoms. The van der Waals surface area contributed by atoms with Crippen molar-refractivity contribution in [3.8, 4) is 0 Å². The maximum atomic E-state index is 13.6. The van der Waals surface area contributed by atoms with E-state index >= 15 is 0 Å². The van der Waals surface area contributed by atoms with Crippen molar-refractivity contribution < 1.29 is 9.18 Å². The predicted molar refractivity (Wildman–Crippen MR) is 111 cm³/mol. The van der Waals surface area contributed by atoms with E-state index in [-0.39, 0.29) is 17.8 Å². The lowest BCUT2D eigenvalue weighted by molar-refractivity contribution is 0.0941. The number of nitrogens with zero attached hydrogens (tertiary/aromatic N) is 1. The maximum Gasteiger partial charge on any atom is 0.251 e. The molecule has 0 heterocycles. The van der Waals surface area contributed by atoms with Crippen molar-refractivity contribution in [2.75, 3.05) is 20.6 Å². The van der Waals surface area contributed by atoms with Crippen LogP contribution in [-0.4, -0.2) is 31.4 Å². The molecular weight excluding hydrogens is 351 g/mol. The normalized spacial score (nSPS) is 12.0. The second kappa shape index (κ2) is 9.29. The molecule has 1 atom stereocenters. The Hall–Kier alpha value is -2.98. The van der Waals surface area contributed by atoms with Crippen LogP contribution in [0.2, 0.25) is 0 Å². The molecule has 144 valence electrons. The standard InChI is InChI=1S/C24H25FN2O/c1-27(2)23(20-12-8-13-21(25)16-20)17-26-24(28)22-14-7-6-11-19(22)15-18-9-4-3-5-10-18/h3-14,16,23H,15,17H2,1-2H3,(H,26,28). The maximum absolute atomic E-state index is 13.6. The van der Waals surface area contributed by atoms with Gasteiger partial charge in [0.1, 0.15) is 5.82 Å². The summed E-state index contributed by atoms with van der Waals surface area (Å²) in [5.41, 5.74) is 3.65. The Labute approximate surface area is 165 Å². The molecule has 0 aliphatic heterocycles. The Morgan fingerprint density at radius 2 is 1.68 bits per heavy atom.